The maximum Gasteiger partial charge on any atom is 0.228 e. The summed E-state index contributed by atoms with van der Waals surface area (Å²) in [6.07, 6.45) is 5.03. The summed E-state index contributed by atoms with van der Waals surface area (Å²) in [5.74, 6) is 0.954. The van der Waals surface area contributed by atoms with Crippen LogP contribution in [-0.2, 0) is 9.59 Å². The number of carbonyl (C=O) groups is 2. The molecule has 0 spiro atoms. The number of carbonyl (C=O) groups excluding carboxylic acids is 2. The number of thiophene rings is 1. The van der Waals surface area contributed by atoms with E-state index >= 15 is 0 Å². The van der Waals surface area contributed by atoms with E-state index in [4.69, 9.17) is 0 Å². The Morgan fingerprint density at radius 3 is 2.91 bits per heavy atom. The molecular formula is C17H22N2O2S. The number of rotatable bonds is 4. The average molecular weight is 318 g/mol. The van der Waals surface area contributed by atoms with Crippen molar-refractivity contribution in [2.75, 3.05) is 19.6 Å². The molecule has 22 heavy (non-hydrogen) atoms. The van der Waals surface area contributed by atoms with Crippen LogP contribution in [0.2, 0.25) is 0 Å². The van der Waals surface area contributed by atoms with Crippen LogP contribution in [0, 0.1) is 11.8 Å². The highest BCUT2D eigenvalue weighted by molar-refractivity contribution is 7.10. The fourth-order valence-electron chi connectivity index (χ4n) is 3.77. The molecule has 0 bridgehead atoms. The van der Waals surface area contributed by atoms with Crippen molar-refractivity contribution >= 4 is 23.2 Å². The quantitative estimate of drug-likeness (QED) is 0.856. The van der Waals surface area contributed by atoms with Crippen molar-refractivity contribution in [1.29, 1.82) is 0 Å². The van der Waals surface area contributed by atoms with Crippen molar-refractivity contribution in [3.8, 4) is 0 Å². The van der Waals surface area contributed by atoms with E-state index in [1.165, 1.54) is 17.7 Å². The van der Waals surface area contributed by atoms with Gasteiger partial charge in [0.1, 0.15) is 0 Å². The minimum Gasteiger partial charge on any atom is -0.342 e. The van der Waals surface area contributed by atoms with Crippen molar-refractivity contribution in [3.05, 3.63) is 22.4 Å². The Kier molecular flexibility index (Phi) is 3.68. The zero-order valence-electron chi connectivity index (χ0n) is 12.7. The van der Waals surface area contributed by atoms with Gasteiger partial charge in [-0.2, -0.15) is 0 Å². The Labute approximate surface area is 135 Å². The first-order valence-corrected chi connectivity index (χ1v) is 9.22. The first kappa shape index (κ1) is 14.2. The summed E-state index contributed by atoms with van der Waals surface area (Å²) >= 11 is 1.73. The Hall–Kier alpha value is -1.36. The molecule has 2 amide bonds. The van der Waals surface area contributed by atoms with E-state index in [0.29, 0.717) is 18.9 Å². The van der Waals surface area contributed by atoms with Crippen molar-refractivity contribution in [1.82, 2.24) is 9.80 Å². The number of nitrogens with zero attached hydrogens (tertiary/aromatic N) is 2. The number of likely N-dealkylation sites (tertiary alicyclic amines) is 2. The van der Waals surface area contributed by atoms with Crippen molar-refractivity contribution in [3.63, 3.8) is 0 Å². The van der Waals surface area contributed by atoms with Crippen LogP contribution in [0.5, 0.6) is 0 Å². The lowest BCUT2D eigenvalue weighted by Gasteiger charge is -2.26. The molecule has 3 fully saturated rings. The third kappa shape index (κ3) is 2.67. The number of amides is 2. The highest BCUT2D eigenvalue weighted by Gasteiger charge is 2.41. The largest absolute Gasteiger partial charge is 0.342 e. The molecule has 118 valence electrons. The average Bonchev–Trinajstić information content (AvgIpc) is 2.96. The van der Waals surface area contributed by atoms with Gasteiger partial charge in [-0.25, -0.2) is 0 Å². The fourth-order valence-corrected chi connectivity index (χ4v) is 4.64. The van der Waals surface area contributed by atoms with Crippen LogP contribution in [0.4, 0.5) is 0 Å². The smallest absolute Gasteiger partial charge is 0.228 e. The maximum atomic E-state index is 12.9. The predicted octanol–water partition coefficient (Wildman–Crippen LogP) is 2.67. The van der Waals surface area contributed by atoms with Crippen LogP contribution in [-0.4, -0.2) is 41.2 Å². The van der Waals surface area contributed by atoms with E-state index in [1.807, 2.05) is 9.80 Å². The molecule has 2 aliphatic heterocycles. The van der Waals surface area contributed by atoms with E-state index in [2.05, 4.69) is 17.5 Å². The Morgan fingerprint density at radius 1 is 1.32 bits per heavy atom. The van der Waals surface area contributed by atoms with Crippen LogP contribution in [0.3, 0.4) is 0 Å². The van der Waals surface area contributed by atoms with E-state index in [-0.39, 0.29) is 23.8 Å². The lowest BCUT2D eigenvalue weighted by molar-refractivity contribution is -0.136. The van der Waals surface area contributed by atoms with Gasteiger partial charge in [0.15, 0.2) is 0 Å². The molecule has 0 aromatic carbocycles. The zero-order chi connectivity index (χ0) is 15.1. The molecule has 4 rings (SSSR count). The minimum atomic E-state index is -0.119. The van der Waals surface area contributed by atoms with Crippen LogP contribution in [0.25, 0.3) is 0 Å². The summed E-state index contributed by atoms with van der Waals surface area (Å²) in [5.41, 5.74) is 0. The first-order chi connectivity index (χ1) is 10.7. The highest BCUT2D eigenvalue weighted by Crippen LogP contribution is 2.37. The van der Waals surface area contributed by atoms with Gasteiger partial charge in [-0.1, -0.05) is 6.07 Å². The number of hydrogen-bond donors (Lipinski definition) is 0. The molecule has 0 unspecified atom stereocenters. The zero-order valence-corrected chi connectivity index (χ0v) is 13.6. The summed E-state index contributed by atoms with van der Waals surface area (Å²) in [4.78, 5) is 30.3. The lowest BCUT2D eigenvalue weighted by Crippen LogP contribution is -2.37. The lowest BCUT2D eigenvalue weighted by atomic mass is 10.1. The molecule has 0 N–H and O–H groups in total. The monoisotopic (exact) mass is 318 g/mol. The Morgan fingerprint density at radius 2 is 2.18 bits per heavy atom. The van der Waals surface area contributed by atoms with Gasteiger partial charge >= 0.3 is 0 Å². The molecule has 4 nitrogen and oxygen atoms in total. The molecule has 1 aliphatic carbocycles. The standard InChI is InChI=1S/C17H22N2O2S/c20-16-9-13(11-18(16)10-12-5-6-12)17(21)19-7-1-3-14(19)15-4-2-8-22-15/h2,4,8,12-14H,1,3,5-7,9-11H2/t13-,14+/m0/s1. The number of hydrogen-bond acceptors (Lipinski definition) is 3. The van der Waals surface area contributed by atoms with Gasteiger partial charge < -0.3 is 9.80 Å². The van der Waals surface area contributed by atoms with Crippen LogP contribution in [0.1, 0.15) is 43.0 Å². The van der Waals surface area contributed by atoms with Crippen molar-refractivity contribution in [2.45, 2.75) is 38.1 Å². The second-order valence-electron chi connectivity index (χ2n) is 6.85. The van der Waals surface area contributed by atoms with Gasteiger partial charge in [-0.3, -0.25) is 9.59 Å². The van der Waals surface area contributed by atoms with Crippen LogP contribution in [0.15, 0.2) is 17.5 Å². The normalized spacial score (nSPS) is 28.6. The van der Waals surface area contributed by atoms with Crippen LogP contribution >= 0.6 is 11.3 Å². The third-order valence-electron chi connectivity index (χ3n) is 5.15. The predicted molar refractivity (Wildman–Crippen MR) is 85.4 cm³/mol. The van der Waals surface area contributed by atoms with Crippen molar-refractivity contribution in [2.24, 2.45) is 11.8 Å². The van der Waals surface area contributed by atoms with Gasteiger partial charge in [-0.05, 0) is 43.0 Å². The van der Waals surface area contributed by atoms with E-state index in [9.17, 15) is 9.59 Å². The van der Waals surface area contributed by atoms with Crippen molar-refractivity contribution < 1.29 is 9.59 Å². The summed E-state index contributed by atoms with van der Waals surface area (Å²) in [7, 11) is 0. The van der Waals surface area contributed by atoms with Gasteiger partial charge in [0, 0.05) is 30.9 Å². The molecule has 1 aromatic rings. The maximum absolute atomic E-state index is 12.9. The molecule has 2 saturated heterocycles. The molecule has 3 aliphatic rings. The summed E-state index contributed by atoms with van der Waals surface area (Å²) in [5, 5.41) is 2.08. The Bertz CT molecular complexity index is 567. The summed E-state index contributed by atoms with van der Waals surface area (Å²) in [6, 6.07) is 4.41. The second-order valence-corrected chi connectivity index (χ2v) is 7.83. The summed E-state index contributed by atoms with van der Waals surface area (Å²) in [6.45, 7) is 2.35. The van der Waals surface area contributed by atoms with Crippen LogP contribution < -0.4 is 0 Å². The van der Waals surface area contributed by atoms with Gasteiger partial charge in [0.25, 0.3) is 0 Å². The van der Waals surface area contributed by atoms with E-state index in [0.717, 1.165) is 25.9 Å². The van der Waals surface area contributed by atoms with E-state index in [1.54, 1.807) is 11.3 Å². The van der Waals surface area contributed by atoms with Gasteiger partial charge in [-0.15, -0.1) is 11.3 Å². The minimum absolute atomic E-state index is 0.119. The molecule has 5 heteroatoms. The second kappa shape index (κ2) is 5.69. The SMILES string of the molecule is O=C1C[C@H](C(=O)N2CCC[C@@H]2c2cccs2)CN1CC1CC1. The Balaban J connectivity index is 1.43. The van der Waals surface area contributed by atoms with E-state index < -0.39 is 0 Å². The summed E-state index contributed by atoms with van der Waals surface area (Å²) < 4.78 is 0. The molecule has 3 heterocycles. The van der Waals surface area contributed by atoms with Gasteiger partial charge in [0.05, 0.1) is 12.0 Å². The molecule has 1 aromatic heterocycles. The highest BCUT2D eigenvalue weighted by atomic mass is 32.1. The fraction of sp³-hybridized carbons (Fsp3) is 0.647. The third-order valence-corrected chi connectivity index (χ3v) is 6.12. The molecule has 1 saturated carbocycles. The topological polar surface area (TPSA) is 40.6 Å². The molecule has 0 radical (unpaired) electrons. The molecular weight excluding hydrogens is 296 g/mol. The van der Waals surface area contributed by atoms with Gasteiger partial charge in [0.2, 0.25) is 11.8 Å². The molecule has 2 atom stereocenters. The first-order valence-electron chi connectivity index (χ1n) is 8.34.